The van der Waals surface area contributed by atoms with E-state index in [1.54, 1.807) is 19.1 Å². The molecule has 22 heavy (non-hydrogen) atoms. The summed E-state index contributed by atoms with van der Waals surface area (Å²) in [6.07, 6.45) is 3.95. The maximum atomic E-state index is 12.6. The third kappa shape index (κ3) is 4.19. The normalized spacial score (nSPS) is 10.6. The van der Waals surface area contributed by atoms with Gasteiger partial charge in [-0.2, -0.15) is 0 Å². The van der Waals surface area contributed by atoms with Gasteiger partial charge in [0.25, 0.3) is 5.91 Å². The molecule has 0 N–H and O–H groups in total. The summed E-state index contributed by atoms with van der Waals surface area (Å²) >= 11 is 0. The highest BCUT2D eigenvalue weighted by Crippen LogP contribution is 2.12. The number of benzene rings is 1. The molecule has 5 heteroatoms. The van der Waals surface area contributed by atoms with E-state index in [-0.39, 0.29) is 5.91 Å². The Kier molecular flexibility index (Phi) is 6.18. The summed E-state index contributed by atoms with van der Waals surface area (Å²) < 4.78 is 12.1. The van der Waals surface area contributed by atoms with Gasteiger partial charge < -0.3 is 18.9 Å². The van der Waals surface area contributed by atoms with Crippen LogP contribution in [0.5, 0.6) is 0 Å². The molecule has 0 saturated heterocycles. The van der Waals surface area contributed by atoms with Crippen LogP contribution in [0.4, 0.5) is 0 Å². The molecule has 0 spiro atoms. The van der Waals surface area contributed by atoms with Crippen LogP contribution in [0, 0.1) is 0 Å². The number of amides is 1. The van der Waals surface area contributed by atoms with Crippen LogP contribution in [0.1, 0.15) is 10.4 Å². The van der Waals surface area contributed by atoms with Gasteiger partial charge in [0, 0.05) is 51.0 Å². The van der Waals surface area contributed by atoms with Gasteiger partial charge >= 0.3 is 0 Å². The SMILES string of the molecule is COCCN(CCOC)C(=O)c1ccc(-n2cccc2)cc1. The zero-order valence-electron chi connectivity index (χ0n) is 13.1. The van der Waals surface area contributed by atoms with Gasteiger partial charge in [-0.05, 0) is 36.4 Å². The minimum atomic E-state index is -0.00634. The predicted octanol–water partition coefficient (Wildman–Crippen LogP) is 2.21. The molecule has 1 amide bonds. The molecule has 0 saturated carbocycles. The van der Waals surface area contributed by atoms with Crippen molar-refractivity contribution in [2.45, 2.75) is 0 Å². The molecule has 0 bridgehead atoms. The van der Waals surface area contributed by atoms with Gasteiger partial charge in [0.2, 0.25) is 0 Å². The lowest BCUT2D eigenvalue weighted by atomic mass is 10.1. The van der Waals surface area contributed by atoms with Gasteiger partial charge in [0.05, 0.1) is 13.2 Å². The van der Waals surface area contributed by atoms with E-state index in [4.69, 9.17) is 9.47 Å². The Labute approximate surface area is 131 Å². The van der Waals surface area contributed by atoms with Gasteiger partial charge in [0.15, 0.2) is 0 Å². The summed E-state index contributed by atoms with van der Waals surface area (Å²) in [5.74, 6) is -0.00634. The van der Waals surface area contributed by atoms with Crippen molar-refractivity contribution in [2.75, 3.05) is 40.5 Å². The van der Waals surface area contributed by atoms with Crippen molar-refractivity contribution in [2.24, 2.45) is 0 Å². The van der Waals surface area contributed by atoms with Crippen LogP contribution >= 0.6 is 0 Å². The molecule has 1 aromatic carbocycles. The lowest BCUT2D eigenvalue weighted by Crippen LogP contribution is -2.36. The molecule has 0 radical (unpaired) electrons. The molecule has 0 aliphatic carbocycles. The number of carbonyl (C=O) groups excluding carboxylic acids is 1. The molecule has 0 aliphatic heterocycles. The first-order valence-electron chi connectivity index (χ1n) is 7.27. The van der Waals surface area contributed by atoms with Gasteiger partial charge in [-0.15, -0.1) is 0 Å². The third-order valence-corrected chi connectivity index (χ3v) is 3.43. The second-order valence-corrected chi connectivity index (χ2v) is 4.91. The lowest BCUT2D eigenvalue weighted by molar-refractivity contribution is 0.0627. The predicted molar refractivity (Wildman–Crippen MR) is 85.4 cm³/mol. The van der Waals surface area contributed by atoms with Crippen LogP contribution in [-0.2, 0) is 9.47 Å². The van der Waals surface area contributed by atoms with E-state index in [0.717, 1.165) is 5.69 Å². The molecule has 2 aromatic rings. The number of aromatic nitrogens is 1. The van der Waals surface area contributed by atoms with Crippen LogP contribution in [-0.4, -0.2) is 55.9 Å². The second-order valence-electron chi connectivity index (χ2n) is 4.91. The molecular weight excluding hydrogens is 280 g/mol. The Bertz CT molecular complexity index is 556. The summed E-state index contributed by atoms with van der Waals surface area (Å²) in [4.78, 5) is 14.3. The molecule has 0 fully saturated rings. The Morgan fingerprint density at radius 1 is 1.00 bits per heavy atom. The highest BCUT2D eigenvalue weighted by molar-refractivity contribution is 5.94. The molecule has 0 unspecified atom stereocenters. The van der Waals surface area contributed by atoms with Crippen molar-refractivity contribution in [3.05, 3.63) is 54.4 Å². The van der Waals surface area contributed by atoms with Crippen LogP contribution in [0.2, 0.25) is 0 Å². The van der Waals surface area contributed by atoms with E-state index >= 15 is 0 Å². The van der Waals surface area contributed by atoms with E-state index in [0.29, 0.717) is 31.9 Å². The monoisotopic (exact) mass is 302 g/mol. The zero-order chi connectivity index (χ0) is 15.8. The van der Waals surface area contributed by atoms with Gasteiger partial charge in [-0.1, -0.05) is 0 Å². The van der Waals surface area contributed by atoms with Crippen molar-refractivity contribution < 1.29 is 14.3 Å². The number of carbonyl (C=O) groups is 1. The summed E-state index contributed by atoms with van der Waals surface area (Å²) in [6.45, 7) is 2.13. The van der Waals surface area contributed by atoms with Crippen LogP contribution < -0.4 is 0 Å². The Balaban J connectivity index is 2.08. The molecule has 2 rings (SSSR count). The fourth-order valence-corrected chi connectivity index (χ4v) is 2.18. The standard InChI is InChI=1S/C17H22N2O3/c1-21-13-11-19(12-14-22-2)17(20)15-5-7-16(8-6-15)18-9-3-4-10-18/h3-10H,11-14H2,1-2H3. The minimum Gasteiger partial charge on any atom is -0.383 e. The number of methoxy groups -OCH3 is 2. The fraction of sp³-hybridized carbons (Fsp3) is 0.353. The number of rotatable bonds is 8. The molecule has 1 heterocycles. The topological polar surface area (TPSA) is 43.7 Å². The van der Waals surface area contributed by atoms with E-state index in [1.165, 1.54) is 0 Å². The first-order chi connectivity index (χ1) is 10.8. The quantitative estimate of drug-likeness (QED) is 0.751. The maximum Gasteiger partial charge on any atom is 0.254 e. The Morgan fingerprint density at radius 2 is 1.55 bits per heavy atom. The fourth-order valence-electron chi connectivity index (χ4n) is 2.18. The molecule has 5 nitrogen and oxygen atoms in total. The van der Waals surface area contributed by atoms with Crippen LogP contribution in [0.25, 0.3) is 5.69 Å². The maximum absolute atomic E-state index is 12.6. The zero-order valence-corrected chi connectivity index (χ0v) is 13.1. The van der Waals surface area contributed by atoms with Crippen molar-refractivity contribution in [3.8, 4) is 5.69 Å². The number of hydrogen-bond acceptors (Lipinski definition) is 3. The molecular formula is C17H22N2O3. The van der Waals surface area contributed by atoms with Crippen LogP contribution in [0.15, 0.2) is 48.8 Å². The smallest absolute Gasteiger partial charge is 0.254 e. The average molecular weight is 302 g/mol. The molecule has 0 atom stereocenters. The van der Waals surface area contributed by atoms with Crippen molar-refractivity contribution in [1.29, 1.82) is 0 Å². The summed E-state index contributed by atoms with van der Waals surface area (Å²) in [7, 11) is 3.26. The van der Waals surface area contributed by atoms with E-state index in [9.17, 15) is 4.79 Å². The first kappa shape index (κ1) is 16.3. The third-order valence-electron chi connectivity index (χ3n) is 3.43. The highest BCUT2D eigenvalue weighted by atomic mass is 16.5. The minimum absolute atomic E-state index is 0.00634. The largest absolute Gasteiger partial charge is 0.383 e. The molecule has 1 aromatic heterocycles. The first-order valence-corrected chi connectivity index (χ1v) is 7.27. The van der Waals surface area contributed by atoms with Gasteiger partial charge in [0.1, 0.15) is 0 Å². The average Bonchev–Trinajstić information content (AvgIpc) is 3.09. The van der Waals surface area contributed by atoms with Crippen molar-refractivity contribution in [1.82, 2.24) is 9.47 Å². The highest BCUT2D eigenvalue weighted by Gasteiger charge is 2.15. The number of nitrogens with zero attached hydrogens (tertiary/aromatic N) is 2. The Hall–Kier alpha value is -2.11. The number of ether oxygens (including phenoxy) is 2. The second kappa shape index (κ2) is 8.36. The van der Waals surface area contributed by atoms with Gasteiger partial charge in [-0.3, -0.25) is 4.79 Å². The lowest BCUT2D eigenvalue weighted by Gasteiger charge is -2.22. The van der Waals surface area contributed by atoms with Crippen LogP contribution in [0.3, 0.4) is 0 Å². The van der Waals surface area contributed by atoms with Crippen molar-refractivity contribution >= 4 is 5.91 Å². The van der Waals surface area contributed by atoms with E-state index in [1.807, 2.05) is 53.4 Å². The summed E-state index contributed by atoms with van der Waals surface area (Å²) in [5, 5.41) is 0. The summed E-state index contributed by atoms with van der Waals surface area (Å²) in [5.41, 5.74) is 1.70. The summed E-state index contributed by atoms with van der Waals surface area (Å²) in [6, 6.07) is 11.5. The van der Waals surface area contributed by atoms with E-state index in [2.05, 4.69) is 0 Å². The van der Waals surface area contributed by atoms with Crippen molar-refractivity contribution in [3.63, 3.8) is 0 Å². The van der Waals surface area contributed by atoms with E-state index < -0.39 is 0 Å². The molecule has 0 aliphatic rings. The Morgan fingerprint density at radius 3 is 2.05 bits per heavy atom. The molecule has 118 valence electrons. The number of hydrogen-bond donors (Lipinski definition) is 0. The van der Waals surface area contributed by atoms with Gasteiger partial charge in [-0.25, -0.2) is 0 Å².